The van der Waals surface area contributed by atoms with Gasteiger partial charge in [-0.2, -0.15) is 0 Å². The van der Waals surface area contributed by atoms with Crippen molar-refractivity contribution in [2.24, 2.45) is 4.99 Å². The number of hydrogen-bond acceptors (Lipinski definition) is 3. The fourth-order valence-corrected chi connectivity index (χ4v) is 1.99. The molecule has 0 aliphatic rings. The molecular weight excluding hydrogens is 393 g/mol. The molecule has 5 nitrogen and oxygen atoms in total. The van der Waals surface area contributed by atoms with Gasteiger partial charge in [-0.25, -0.2) is 0 Å². The lowest BCUT2D eigenvalue weighted by atomic mass is 10.1. The number of aliphatic hydroxyl groups excluding tert-OH is 1. The molecule has 6 heteroatoms. The van der Waals surface area contributed by atoms with Gasteiger partial charge in [-0.05, 0) is 74.6 Å². The molecule has 1 unspecified atom stereocenters. The Morgan fingerprint density at radius 2 is 1.95 bits per heavy atom. The molecule has 0 heterocycles. The normalized spacial score (nSPS) is 13.6. The Morgan fingerprint density at radius 3 is 2.50 bits per heavy atom. The van der Waals surface area contributed by atoms with E-state index in [0.717, 1.165) is 15.9 Å². The first-order chi connectivity index (χ1) is 10.3. The quantitative estimate of drug-likeness (QED) is 0.377. The van der Waals surface area contributed by atoms with Crippen molar-refractivity contribution in [2.45, 2.75) is 39.3 Å². The summed E-state index contributed by atoms with van der Waals surface area (Å²) in [4.78, 5) is 4.39. The first-order valence-corrected chi connectivity index (χ1v) is 8.51. The lowest BCUT2D eigenvalue weighted by Crippen LogP contribution is -2.48. The van der Waals surface area contributed by atoms with Gasteiger partial charge >= 0.3 is 0 Å². The van der Waals surface area contributed by atoms with Gasteiger partial charge in [-0.1, -0.05) is 0 Å². The van der Waals surface area contributed by atoms with Crippen molar-refractivity contribution in [3.8, 4) is 5.75 Å². The van der Waals surface area contributed by atoms with Crippen LogP contribution in [0.5, 0.6) is 5.75 Å². The fourth-order valence-electron chi connectivity index (χ4n) is 1.63. The number of ether oxygens (including phenoxy) is 1. The second kappa shape index (κ2) is 9.19. The predicted molar refractivity (Wildman–Crippen MR) is 99.5 cm³/mol. The van der Waals surface area contributed by atoms with E-state index in [-0.39, 0.29) is 18.7 Å². The first-order valence-electron chi connectivity index (χ1n) is 7.43. The molecule has 0 saturated heterocycles. The molecule has 0 saturated carbocycles. The largest absolute Gasteiger partial charge is 0.491 e. The van der Waals surface area contributed by atoms with Gasteiger partial charge in [0.25, 0.3) is 0 Å². The zero-order valence-electron chi connectivity index (χ0n) is 13.7. The minimum atomic E-state index is -0.644. The van der Waals surface area contributed by atoms with Crippen LogP contribution in [0.15, 0.2) is 29.3 Å². The Bertz CT molecular complexity index is 469. The molecule has 0 fully saturated rings. The summed E-state index contributed by atoms with van der Waals surface area (Å²) in [6.45, 7) is 9.49. The molecule has 22 heavy (non-hydrogen) atoms. The highest BCUT2D eigenvalue weighted by molar-refractivity contribution is 14.1. The van der Waals surface area contributed by atoms with Crippen LogP contribution >= 0.6 is 22.6 Å². The number of aliphatic hydroxyl groups is 1. The van der Waals surface area contributed by atoms with Gasteiger partial charge < -0.3 is 20.5 Å². The Morgan fingerprint density at radius 1 is 1.32 bits per heavy atom. The smallest absolute Gasteiger partial charge is 0.191 e. The van der Waals surface area contributed by atoms with E-state index in [2.05, 4.69) is 59.0 Å². The number of nitrogens with zero attached hydrogens (tertiary/aromatic N) is 1. The average molecular weight is 419 g/mol. The lowest BCUT2D eigenvalue weighted by molar-refractivity contribution is 0.114. The van der Waals surface area contributed by atoms with Crippen LogP contribution < -0.4 is 15.4 Å². The highest BCUT2D eigenvalue weighted by Crippen LogP contribution is 2.13. The SMILES string of the molecule is CCNC(=NCC(O)COc1ccc(I)cc1)NC(C)(C)C. The van der Waals surface area contributed by atoms with Gasteiger partial charge in [-0.3, -0.25) is 4.99 Å². The fraction of sp³-hybridized carbons (Fsp3) is 0.562. The molecule has 0 radical (unpaired) electrons. The molecule has 0 spiro atoms. The molecule has 0 aliphatic heterocycles. The van der Waals surface area contributed by atoms with Gasteiger partial charge in [-0.15, -0.1) is 0 Å². The standard InChI is InChI=1S/C16H26IN3O2/c1-5-18-15(20-16(2,3)4)19-10-13(21)11-22-14-8-6-12(17)7-9-14/h6-9,13,21H,5,10-11H2,1-4H3,(H2,18,19,20). The zero-order chi connectivity index (χ0) is 16.6. The van der Waals surface area contributed by atoms with Crippen molar-refractivity contribution in [3.05, 3.63) is 27.8 Å². The second-order valence-electron chi connectivity index (χ2n) is 6.01. The van der Waals surface area contributed by atoms with Crippen molar-refractivity contribution in [1.29, 1.82) is 0 Å². The van der Waals surface area contributed by atoms with E-state index in [4.69, 9.17) is 4.74 Å². The molecule has 124 valence electrons. The zero-order valence-corrected chi connectivity index (χ0v) is 15.8. The number of nitrogens with one attached hydrogen (secondary N) is 2. The second-order valence-corrected chi connectivity index (χ2v) is 7.26. The van der Waals surface area contributed by atoms with Crippen LogP contribution in [0.2, 0.25) is 0 Å². The maximum absolute atomic E-state index is 9.99. The number of benzene rings is 1. The molecule has 1 aromatic rings. The highest BCUT2D eigenvalue weighted by Gasteiger charge is 2.12. The number of halogens is 1. The van der Waals surface area contributed by atoms with Crippen LogP contribution in [0.25, 0.3) is 0 Å². The van der Waals surface area contributed by atoms with Gasteiger partial charge in [0, 0.05) is 15.7 Å². The van der Waals surface area contributed by atoms with Crippen LogP contribution in [0.3, 0.4) is 0 Å². The van der Waals surface area contributed by atoms with Crippen molar-refractivity contribution in [2.75, 3.05) is 19.7 Å². The van der Waals surface area contributed by atoms with Crippen molar-refractivity contribution in [3.63, 3.8) is 0 Å². The molecule has 1 atom stereocenters. The molecule has 0 amide bonds. The van der Waals surface area contributed by atoms with Crippen LogP contribution in [-0.2, 0) is 0 Å². The maximum Gasteiger partial charge on any atom is 0.191 e. The minimum Gasteiger partial charge on any atom is -0.491 e. The number of hydrogen-bond donors (Lipinski definition) is 3. The lowest BCUT2D eigenvalue weighted by Gasteiger charge is -2.24. The Balaban J connectivity index is 2.46. The van der Waals surface area contributed by atoms with Gasteiger partial charge in [0.2, 0.25) is 0 Å². The molecule has 0 aliphatic carbocycles. The van der Waals surface area contributed by atoms with E-state index in [1.54, 1.807) is 0 Å². The molecular formula is C16H26IN3O2. The van der Waals surface area contributed by atoms with E-state index < -0.39 is 6.10 Å². The summed E-state index contributed by atoms with van der Waals surface area (Å²) in [5.41, 5.74) is -0.0797. The maximum atomic E-state index is 9.99. The van der Waals surface area contributed by atoms with E-state index in [9.17, 15) is 5.11 Å². The topological polar surface area (TPSA) is 65.9 Å². The van der Waals surface area contributed by atoms with E-state index in [1.807, 2.05) is 31.2 Å². The van der Waals surface area contributed by atoms with E-state index in [0.29, 0.717) is 5.96 Å². The molecule has 3 N–H and O–H groups in total. The van der Waals surface area contributed by atoms with Crippen LogP contribution in [0.4, 0.5) is 0 Å². The Hall–Kier alpha value is -1.02. The summed E-state index contributed by atoms with van der Waals surface area (Å²) in [6.07, 6.45) is -0.644. The summed E-state index contributed by atoms with van der Waals surface area (Å²) in [5.74, 6) is 1.45. The minimum absolute atomic E-state index is 0.0797. The van der Waals surface area contributed by atoms with Crippen molar-refractivity contribution in [1.82, 2.24) is 10.6 Å². The van der Waals surface area contributed by atoms with E-state index >= 15 is 0 Å². The summed E-state index contributed by atoms with van der Waals surface area (Å²) in [7, 11) is 0. The third-order valence-electron chi connectivity index (χ3n) is 2.55. The van der Waals surface area contributed by atoms with Gasteiger partial charge in [0.15, 0.2) is 5.96 Å². The Kier molecular flexibility index (Phi) is 7.95. The predicted octanol–water partition coefficient (Wildman–Crippen LogP) is 2.38. The van der Waals surface area contributed by atoms with Crippen LogP contribution in [0.1, 0.15) is 27.7 Å². The summed E-state index contributed by atoms with van der Waals surface area (Å²) in [5, 5.41) is 16.4. The summed E-state index contributed by atoms with van der Waals surface area (Å²) < 4.78 is 6.70. The summed E-state index contributed by atoms with van der Waals surface area (Å²) in [6, 6.07) is 7.72. The molecule has 1 rings (SSSR count). The monoisotopic (exact) mass is 419 g/mol. The molecule has 0 bridgehead atoms. The van der Waals surface area contributed by atoms with Gasteiger partial charge in [0.1, 0.15) is 18.5 Å². The molecule has 1 aromatic carbocycles. The van der Waals surface area contributed by atoms with Crippen LogP contribution in [-0.4, -0.2) is 42.4 Å². The summed E-state index contributed by atoms with van der Waals surface area (Å²) >= 11 is 2.24. The number of guanidine groups is 1. The van der Waals surface area contributed by atoms with Crippen molar-refractivity contribution < 1.29 is 9.84 Å². The van der Waals surface area contributed by atoms with Crippen LogP contribution in [0, 0.1) is 3.57 Å². The molecule has 0 aromatic heterocycles. The van der Waals surface area contributed by atoms with Crippen molar-refractivity contribution >= 4 is 28.6 Å². The third kappa shape index (κ3) is 8.43. The van der Waals surface area contributed by atoms with E-state index in [1.165, 1.54) is 0 Å². The Labute approximate surface area is 146 Å². The third-order valence-corrected chi connectivity index (χ3v) is 3.27. The number of rotatable bonds is 6. The average Bonchev–Trinajstić information content (AvgIpc) is 2.43. The first kappa shape index (κ1) is 19.0. The van der Waals surface area contributed by atoms with Gasteiger partial charge in [0.05, 0.1) is 6.54 Å². The number of aliphatic imine (C=N–C) groups is 1. The highest BCUT2D eigenvalue weighted by atomic mass is 127.